The van der Waals surface area contributed by atoms with Crippen LogP contribution in [0.25, 0.3) is 0 Å². The number of likely N-dealkylation sites (N-methyl/N-ethyl adjacent to an activating group) is 1. The number of benzene rings is 1. The van der Waals surface area contributed by atoms with Gasteiger partial charge in [0.2, 0.25) is 0 Å². The minimum atomic E-state index is -0.265. The Balaban J connectivity index is 3.05. The van der Waals surface area contributed by atoms with Gasteiger partial charge in [-0.05, 0) is 19.1 Å². The number of nitrogens with zero attached hydrogens (tertiary/aromatic N) is 2. The molecule has 110 valence electrons. The second kappa shape index (κ2) is 7.22. The van der Waals surface area contributed by atoms with Gasteiger partial charge in [0.15, 0.2) is 5.84 Å². The molecular weight excluding hydrogens is 262 g/mol. The number of rotatable bonds is 6. The number of amides is 1. The van der Waals surface area contributed by atoms with Gasteiger partial charge < -0.3 is 25.3 Å². The van der Waals surface area contributed by atoms with Crippen molar-refractivity contribution >= 4 is 11.7 Å². The van der Waals surface area contributed by atoms with Crippen molar-refractivity contribution in [2.75, 3.05) is 27.3 Å². The van der Waals surface area contributed by atoms with Crippen molar-refractivity contribution in [3.8, 4) is 11.5 Å². The minimum Gasteiger partial charge on any atom is -0.497 e. The van der Waals surface area contributed by atoms with Gasteiger partial charge in [-0.25, -0.2) is 0 Å². The summed E-state index contributed by atoms with van der Waals surface area (Å²) in [5.41, 5.74) is 5.83. The van der Waals surface area contributed by atoms with Crippen LogP contribution in [0.2, 0.25) is 0 Å². The molecule has 1 amide bonds. The Bertz CT molecular complexity index is 502. The highest BCUT2D eigenvalue weighted by Crippen LogP contribution is 2.25. The van der Waals surface area contributed by atoms with E-state index in [1.165, 1.54) is 19.1 Å². The molecule has 0 spiro atoms. The van der Waals surface area contributed by atoms with Gasteiger partial charge in [-0.3, -0.25) is 4.79 Å². The number of carbonyl (C=O) groups excluding carboxylic acids is 1. The first-order valence-electron chi connectivity index (χ1n) is 6.05. The lowest BCUT2D eigenvalue weighted by molar-refractivity contribution is 0.0783. The highest BCUT2D eigenvalue weighted by molar-refractivity contribution is 5.99. The summed E-state index contributed by atoms with van der Waals surface area (Å²) in [7, 11) is 3.01. The van der Waals surface area contributed by atoms with Gasteiger partial charge in [-0.15, -0.1) is 0 Å². The molecule has 1 aromatic rings. The summed E-state index contributed by atoms with van der Waals surface area (Å²) in [6.45, 7) is 2.27. The average molecular weight is 281 g/mol. The summed E-state index contributed by atoms with van der Waals surface area (Å²) in [5.74, 6) is 0.705. The zero-order chi connectivity index (χ0) is 15.1. The van der Waals surface area contributed by atoms with E-state index in [9.17, 15) is 4.79 Å². The largest absolute Gasteiger partial charge is 0.497 e. The van der Waals surface area contributed by atoms with Crippen molar-refractivity contribution in [2.45, 2.75) is 6.92 Å². The monoisotopic (exact) mass is 281 g/mol. The molecule has 0 radical (unpaired) electrons. The number of nitrogens with two attached hydrogens (primary N) is 1. The van der Waals surface area contributed by atoms with E-state index in [1.54, 1.807) is 25.1 Å². The van der Waals surface area contributed by atoms with Crippen molar-refractivity contribution in [3.05, 3.63) is 23.8 Å². The lowest BCUT2D eigenvalue weighted by Crippen LogP contribution is -2.38. The molecule has 3 N–H and O–H groups in total. The third-order valence-electron chi connectivity index (χ3n) is 2.79. The van der Waals surface area contributed by atoms with Gasteiger partial charge in [-0.2, -0.15) is 0 Å². The first kappa shape index (κ1) is 15.6. The normalized spacial score (nSPS) is 11.1. The van der Waals surface area contributed by atoms with E-state index in [1.807, 2.05) is 0 Å². The Hall–Kier alpha value is -2.44. The standard InChI is InChI=1S/C13H19N3O4/c1-4-16(8-12(14)15-18)13(17)10-6-5-9(19-2)7-11(10)20-3/h5-7,18H,4,8H2,1-3H3,(H2,14,15). The molecule has 0 saturated carbocycles. The summed E-state index contributed by atoms with van der Waals surface area (Å²) < 4.78 is 10.3. The van der Waals surface area contributed by atoms with E-state index in [0.717, 1.165) is 0 Å². The predicted octanol–water partition coefficient (Wildman–Crippen LogP) is 0.912. The van der Waals surface area contributed by atoms with Gasteiger partial charge in [0, 0.05) is 12.6 Å². The predicted molar refractivity (Wildman–Crippen MR) is 74.5 cm³/mol. The van der Waals surface area contributed by atoms with Crippen molar-refractivity contribution in [1.29, 1.82) is 0 Å². The second-order valence-corrected chi connectivity index (χ2v) is 3.98. The number of amidine groups is 1. The quantitative estimate of drug-likeness (QED) is 0.349. The summed E-state index contributed by atoms with van der Waals surface area (Å²) in [6.07, 6.45) is 0. The van der Waals surface area contributed by atoms with Crippen LogP contribution in [-0.4, -0.2) is 49.2 Å². The smallest absolute Gasteiger partial charge is 0.258 e. The van der Waals surface area contributed by atoms with E-state index >= 15 is 0 Å². The zero-order valence-electron chi connectivity index (χ0n) is 11.8. The maximum Gasteiger partial charge on any atom is 0.258 e. The van der Waals surface area contributed by atoms with Gasteiger partial charge >= 0.3 is 0 Å². The maximum absolute atomic E-state index is 12.4. The summed E-state index contributed by atoms with van der Waals surface area (Å²) in [4.78, 5) is 13.9. The molecule has 1 rings (SSSR count). The molecule has 0 unspecified atom stereocenters. The summed E-state index contributed by atoms with van der Waals surface area (Å²) in [5, 5.41) is 11.5. The third-order valence-corrected chi connectivity index (χ3v) is 2.79. The SMILES string of the molecule is CCN(CC(N)=NO)C(=O)c1ccc(OC)cc1OC. The summed E-state index contributed by atoms with van der Waals surface area (Å²) in [6, 6.07) is 4.92. The molecule has 20 heavy (non-hydrogen) atoms. The van der Waals surface area contributed by atoms with Crippen molar-refractivity contribution < 1.29 is 19.5 Å². The minimum absolute atomic E-state index is 0.0346. The van der Waals surface area contributed by atoms with Gasteiger partial charge in [0.1, 0.15) is 11.5 Å². The number of hydrogen-bond acceptors (Lipinski definition) is 5. The van der Waals surface area contributed by atoms with Crippen molar-refractivity contribution in [1.82, 2.24) is 4.90 Å². The first-order chi connectivity index (χ1) is 9.57. The number of carbonyl (C=O) groups is 1. The molecule has 1 aromatic carbocycles. The second-order valence-electron chi connectivity index (χ2n) is 3.98. The van der Waals surface area contributed by atoms with Gasteiger partial charge in [0.05, 0.1) is 26.3 Å². The molecule has 0 aromatic heterocycles. The van der Waals surface area contributed by atoms with Crippen LogP contribution in [0.3, 0.4) is 0 Å². The first-order valence-corrected chi connectivity index (χ1v) is 6.05. The van der Waals surface area contributed by atoms with Crippen LogP contribution in [0.4, 0.5) is 0 Å². The Labute approximate surface area is 117 Å². The van der Waals surface area contributed by atoms with Crippen LogP contribution in [0, 0.1) is 0 Å². The molecule has 0 bridgehead atoms. The van der Waals surface area contributed by atoms with Crippen LogP contribution in [0.1, 0.15) is 17.3 Å². The van der Waals surface area contributed by atoms with Crippen LogP contribution < -0.4 is 15.2 Å². The fourth-order valence-corrected chi connectivity index (χ4v) is 1.70. The highest BCUT2D eigenvalue weighted by atomic mass is 16.5. The fraction of sp³-hybridized carbons (Fsp3) is 0.385. The lowest BCUT2D eigenvalue weighted by atomic mass is 10.1. The van der Waals surface area contributed by atoms with Crippen molar-refractivity contribution in [3.63, 3.8) is 0 Å². The van der Waals surface area contributed by atoms with Crippen LogP contribution >= 0.6 is 0 Å². The topological polar surface area (TPSA) is 97.4 Å². The zero-order valence-corrected chi connectivity index (χ0v) is 11.8. The molecule has 0 aliphatic rings. The molecule has 0 fully saturated rings. The van der Waals surface area contributed by atoms with E-state index in [4.69, 9.17) is 20.4 Å². The van der Waals surface area contributed by atoms with E-state index in [0.29, 0.717) is 23.6 Å². The Morgan fingerprint density at radius 1 is 1.40 bits per heavy atom. The van der Waals surface area contributed by atoms with Crippen LogP contribution in [0.5, 0.6) is 11.5 Å². The van der Waals surface area contributed by atoms with Crippen molar-refractivity contribution in [2.24, 2.45) is 10.9 Å². The Morgan fingerprint density at radius 3 is 2.60 bits per heavy atom. The van der Waals surface area contributed by atoms with Crippen LogP contribution in [0.15, 0.2) is 23.4 Å². The molecule has 7 nitrogen and oxygen atoms in total. The highest BCUT2D eigenvalue weighted by Gasteiger charge is 2.20. The van der Waals surface area contributed by atoms with Crippen LogP contribution in [-0.2, 0) is 0 Å². The number of methoxy groups -OCH3 is 2. The fourth-order valence-electron chi connectivity index (χ4n) is 1.70. The van der Waals surface area contributed by atoms with Gasteiger partial charge in [0.25, 0.3) is 5.91 Å². The molecular formula is C13H19N3O4. The van der Waals surface area contributed by atoms with E-state index < -0.39 is 0 Å². The molecule has 0 heterocycles. The molecule has 0 atom stereocenters. The van der Waals surface area contributed by atoms with Gasteiger partial charge in [-0.1, -0.05) is 5.16 Å². The Morgan fingerprint density at radius 2 is 2.10 bits per heavy atom. The Kier molecular flexibility index (Phi) is 5.64. The van der Waals surface area contributed by atoms with E-state index in [2.05, 4.69) is 5.16 Å². The third kappa shape index (κ3) is 3.53. The average Bonchev–Trinajstić information content (AvgIpc) is 2.50. The molecule has 0 aliphatic carbocycles. The molecule has 0 saturated heterocycles. The molecule has 7 heteroatoms. The van der Waals surface area contributed by atoms with E-state index in [-0.39, 0.29) is 18.3 Å². The number of oxime groups is 1. The summed E-state index contributed by atoms with van der Waals surface area (Å²) >= 11 is 0. The number of hydrogen-bond donors (Lipinski definition) is 2. The maximum atomic E-state index is 12.4. The number of ether oxygens (including phenoxy) is 2. The molecule has 0 aliphatic heterocycles. The lowest BCUT2D eigenvalue weighted by Gasteiger charge is -2.21.